The van der Waals surface area contributed by atoms with Gasteiger partial charge < -0.3 is 14.8 Å². The van der Waals surface area contributed by atoms with E-state index in [2.05, 4.69) is 35.8 Å². The maximum absolute atomic E-state index is 13.2. The number of carbonyl (C=O) groups excluding carboxylic acids is 1. The van der Waals surface area contributed by atoms with Gasteiger partial charge in [0, 0.05) is 38.4 Å². The minimum absolute atomic E-state index is 0.0559. The van der Waals surface area contributed by atoms with Gasteiger partial charge in [-0.1, -0.05) is 30.3 Å². The van der Waals surface area contributed by atoms with Crippen LogP contribution in [0.5, 0.6) is 0 Å². The Morgan fingerprint density at radius 3 is 2.68 bits per heavy atom. The molecule has 1 aliphatic heterocycles. The average Bonchev–Trinajstić information content (AvgIpc) is 3.46. The Bertz CT molecular complexity index is 1180. The number of rotatable bonds is 5. The highest BCUT2D eigenvalue weighted by Crippen LogP contribution is 2.25. The summed E-state index contributed by atoms with van der Waals surface area (Å²) in [7, 11) is 1.94. The van der Waals surface area contributed by atoms with E-state index in [0.717, 1.165) is 43.1 Å². The van der Waals surface area contributed by atoms with E-state index >= 15 is 0 Å². The van der Waals surface area contributed by atoms with Crippen LogP contribution >= 0.6 is 0 Å². The molecule has 10 nitrogen and oxygen atoms in total. The summed E-state index contributed by atoms with van der Waals surface area (Å²) in [6, 6.07) is 13.4. The van der Waals surface area contributed by atoms with Crippen LogP contribution in [0.15, 0.2) is 54.9 Å². The molecular weight excluding hydrogens is 394 g/mol. The number of nitrogens with one attached hydrogen (secondary N) is 1. The molecule has 1 fully saturated rings. The van der Waals surface area contributed by atoms with Gasteiger partial charge in [-0.05, 0) is 41.0 Å². The van der Waals surface area contributed by atoms with Crippen LogP contribution in [-0.2, 0) is 11.8 Å². The molecule has 0 saturated carbocycles. The Balaban J connectivity index is 1.27. The summed E-state index contributed by atoms with van der Waals surface area (Å²) in [4.78, 5) is 19.8. The van der Waals surface area contributed by atoms with Crippen LogP contribution in [0.3, 0.4) is 0 Å². The number of tetrazole rings is 1. The van der Waals surface area contributed by atoms with Gasteiger partial charge in [-0.25, -0.2) is 4.98 Å². The molecule has 4 aromatic rings. The van der Waals surface area contributed by atoms with Gasteiger partial charge in [0.05, 0.1) is 0 Å². The van der Waals surface area contributed by atoms with E-state index in [1.165, 1.54) is 4.63 Å². The van der Waals surface area contributed by atoms with Crippen molar-refractivity contribution >= 4 is 17.4 Å². The number of anilines is 1. The molecule has 1 N–H and O–H groups in total. The van der Waals surface area contributed by atoms with E-state index in [0.29, 0.717) is 5.65 Å². The normalized spacial score (nSPS) is 15.8. The lowest BCUT2D eigenvalue weighted by Crippen LogP contribution is -2.42. The molecular formula is C21H23N9O. The largest absolute Gasteiger partial charge is 0.355 e. The number of aryl methyl sites for hydroxylation is 1. The number of hydrogen-bond acceptors (Lipinski definition) is 7. The molecule has 0 radical (unpaired) electrons. The Labute approximate surface area is 178 Å². The first-order chi connectivity index (χ1) is 15.2. The first kappa shape index (κ1) is 19.2. The van der Waals surface area contributed by atoms with Crippen LogP contribution in [0.2, 0.25) is 0 Å². The second-order valence-corrected chi connectivity index (χ2v) is 7.73. The van der Waals surface area contributed by atoms with Crippen LogP contribution < -0.4 is 10.2 Å². The SMILES string of the molecule is Cn1ccnc1[C@H](NC(=O)C1CCN(c2ccc3nnnn3n2)CC1)c1ccccc1. The summed E-state index contributed by atoms with van der Waals surface area (Å²) in [6.45, 7) is 1.49. The number of imidazole rings is 1. The molecule has 0 unspecified atom stereocenters. The van der Waals surface area contributed by atoms with Gasteiger partial charge in [0.15, 0.2) is 11.5 Å². The molecule has 0 spiro atoms. The fourth-order valence-electron chi connectivity index (χ4n) is 4.04. The Morgan fingerprint density at radius 1 is 1.13 bits per heavy atom. The quantitative estimate of drug-likeness (QED) is 0.523. The lowest BCUT2D eigenvalue weighted by molar-refractivity contribution is -0.126. The van der Waals surface area contributed by atoms with Crippen molar-refractivity contribution in [2.75, 3.05) is 18.0 Å². The molecule has 1 atom stereocenters. The maximum atomic E-state index is 13.2. The van der Waals surface area contributed by atoms with Crippen molar-refractivity contribution in [2.24, 2.45) is 13.0 Å². The topological polar surface area (TPSA) is 106 Å². The predicted molar refractivity (Wildman–Crippen MR) is 113 cm³/mol. The van der Waals surface area contributed by atoms with E-state index in [4.69, 9.17) is 0 Å². The molecule has 158 valence electrons. The van der Waals surface area contributed by atoms with E-state index in [9.17, 15) is 4.79 Å². The molecule has 3 aromatic heterocycles. The van der Waals surface area contributed by atoms with Crippen LogP contribution in [0.1, 0.15) is 30.3 Å². The van der Waals surface area contributed by atoms with Crippen molar-refractivity contribution < 1.29 is 4.79 Å². The average molecular weight is 417 g/mol. The van der Waals surface area contributed by atoms with Gasteiger partial charge >= 0.3 is 0 Å². The highest BCUT2D eigenvalue weighted by atomic mass is 16.2. The molecule has 0 bridgehead atoms. The van der Waals surface area contributed by atoms with Crippen molar-refractivity contribution in [1.29, 1.82) is 0 Å². The predicted octanol–water partition coefficient (Wildman–Crippen LogP) is 1.37. The number of hydrogen-bond donors (Lipinski definition) is 1. The monoisotopic (exact) mass is 417 g/mol. The third-order valence-electron chi connectivity index (χ3n) is 5.78. The number of amides is 1. The fraction of sp³-hybridized carbons (Fsp3) is 0.333. The smallest absolute Gasteiger partial charge is 0.224 e. The van der Waals surface area contributed by atoms with Crippen LogP contribution in [0.4, 0.5) is 5.82 Å². The zero-order valence-corrected chi connectivity index (χ0v) is 17.2. The molecule has 10 heteroatoms. The first-order valence-electron chi connectivity index (χ1n) is 10.3. The number of carbonyl (C=O) groups is 1. The molecule has 1 saturated heterocycles. The maximum Gasteiger partial charge on any atom is 0.224 e. The zero-order valence-electron chi connectivity index (χ0n) is 17.2. The van der Waals surface area contributed by atoms with Crippen molar-refractivity contribution in [3.63, 3.8) is 0 Å². The summed E-state index contributed by atoms with van der Waals surface area (Å²) >= 11 is 0. The van der Waals surface area contributed by atoms with Crippen molar-refractivity contribution in [3.05, 3.63) is 66.2 Å². The van der Waals surface area contributed by atoms with Gasteiger partial charge in [0.1, 0.15) is 11.9 Å². The lowest BCUT2D eigenvalue weighted by atomic mass is 9.95. The van der Waals surface area contributed by atoms with Gasteiger partial charge in [-0.2, -0.15) is 0 Å². The third-order valence-corrected chi connectivity index (χ3v) is 5.78. The van der Waals surface area contributed by atoms with Crippen molar-refractivity contribution in [1.82, 2.24) is 40.1 Å². The van der Waals surface area contributed by atoms with E-state index in [1.54, 1.807) is 6.20 Å². The molecule has 1 aliphatic rings. The van der Waals surface area contributed by atoms with E-state index in [1.807, 2.05) is 60.3 Å². The summed E-state index contributed by atoms with van der Waals surface area (Å²) in [5, 5.41) is 19.1. The Kier molecular flexibility index (Phi) is 5.03. The molecule has 1 aromatic carbocycles. The third kappa shape index (κ3) is 3.83. The Morgan fingerprint density at radius 2 is 1.94 bits per heavy atom. The minimum Gasteiger partial charge on any atom is -0.355 e. The molecule has 4 heterocycles. The summed E-state index contributed by atoms with van der Waals surface area (Å²) < 4.78 is 3.37. The molecule has 31 heavy (non-hydrogen) atoms. The van der Waals surface area contributed by atoms with Crippen molar-refractivity contribution in [3.8, 4) is 0 Å². The summed E-state index contributed by atoms with van der Waals surface area (Å²) in [5.74, 6) is 1.63. The summed E-state index contributed by atoms with van der Waals surface area (Å²) in [5.41, 5.74) is 1.63. The van der Waals surface area contributed by atoms with Gasteiger partial charge in [-0.3, -0.25) is 4.79 Å². The van der Waals surface area contributed by atoms with Gasteiger partial charge in [0.2, 0.25) is 5.91 Å². The van der Waals surface area contributed by atoms with Crippen LogP contribution in [0, 0.1) is 5.92 Å². The summed E-state index contributed by atoms with van der Waals surface area (Å²) in [6.07, 6.45) is 5.15. The molecule has 1 amide bonds. The van der Waals surface area contributed by atoms with Gasteiger partial charge in [0.25, 0.3) is 0 Å². The molecule has 0 aliphatic carbocycles. The zero-order chi connectivity index (χ0) is 21.2. The standard InChI is InChI=1S/C21H23N9O/c1-28-14-11-22-20(28)19(15-5-3-2-4-6-15)23-21(31)16-9-12-29(13-10-16)18-8-7-17-24-26-27-30(17)25-18/h2-8,11,14,16,19H,9-10,12-13H2,1H3,(H,23,31)/t19-/m1/s1. The Hall–Kier alpha value is -3.82. The second kappa shape index (κ2) is 8.13. The van der Waals surface area contributed by atoms with Crippen molar-refractivity contribution in [2.45, 2.75) is 18.9 Å². The van der Waals surface area contributed by atoms with E-state index in [-0.39, 0.29) is 17.9 Å². The van der Waals surface area contributed by atoms with Gasteiger partial charge in [-0.15, -0.1) is 14.8 Å². The van der Waals surface area contributed by atoms with Crippen LogP contribution in [-0.4, -0.2) is 53.8 Å². The minimum atomic E-state index is -0.282. The second-order valence-electron chi connectivity index (χ2n) is 7.73. The number of nitrogens with zero attached hydrogens (tertiary/aromatic N) is 8. The first-order valence-corrected chi connectivity index (χ1v) is 10.3. The number of piperidine rings is 1. The van der Waals surface area contributed by atoms with E-state index < -0.39 is 0 Å². The fourth-order valence-corrected chi connectivity index (χ4v) is 4.04. The van der Waals surface area contributed by atoms with Crippen LogP contribution in [0.25, 0.3) is 5.65 Å². The number of fused-ring (bicyclic) bond motifs is 1. The highest BCUT2D eigenvalue weighted by Gasteiger charge is 2.29. The number of benzene rings is 1. The number of aromatic nitrogens is 7. The lowest BCUT2D eigenvalue weighted by Gasteiger charge is -2.32. The highest BCUT2D eigenvalue weighted by molar-refractivity contribution is 5.79. The molecule has 5 rings (SSSR count).